The maximum absolute atomic E-state index is 13.4. The zero-order chi connectivity index (χ0) is 19.5. The van der Waals surface area contributed by atoms with Gasteiger partial charge in [0.05, 0.1) is 11.2 Å². The second-order valence-electron chi connectivity index (χ2n) is 6.77. The fourth-order valence-electron chi connectivity index (χ4n) is 3.39. The number of fused-ring (bicyclic) bond motifs is 1. The molecule has 0 bridgehead atoms. The lowest BCUT2D eigenvalue weighted by molar-refractivity contribution is 0.604. The van der Waals surface area contributed by atoms with E-state index in [0.29, 0.717) is 6.54 Å². The highest BCUT2D eigenvalue weighted by Gasteiger charge is 2.18. The molecule has 0 saturated heterocycles. The molecule has 0 fully saturated rings. The van der Waals surface area contributed by atoms with Crippen LogP contribution in [0.3, 0.4) is 0 Å². The van der Waals surface area contributed by atoms with Gasteiger partial charge in [0.25, 0.3) is 0 Å². The maximum Gasteiger partial charge on any atom is 0.123 e. The number of aromatic nitrogens is 3. The molecule has 4 aromatic rings. The lowest BCUT2D eigenvalue weighted by Gasteiger charge is -2.12. The van der Waals surface area contributed by atoms with Crippen LogP contribution in [0.15, 0.2) is 67.0 Å². The van der Waals surface area contributed by atoms with Gasteiger partial charge in [-0.2, -0.15) is 5.10 Å². The Bertz CT molecular complexity index is 1090. The molecule has 0 spiro atoms. The monoisotopic (exact) mass is 375 g/mol. The van der Waals surface area contributed by atoms with Gasteiger partial charge in [-0.15, -0.1) is 0 Å². The summed E-state index contributed by atoms with van der Waals surface area (Å²) in [7, 11) is 0. The molecule has 4 N–H and O–H groups in total. The van der Waals surface area contributed by atoms with Crippen molar-refractivity contribution in [3.63, 3.8) is 0 Å². The third kappa shape index (κ3) is 3.52. The zero-order valence-corrected chi connectivity index (χ0v) is 15.4. The van der Waals surface area contributed by atoms with Crippen molar-refractivity contribution in [3.05, 3.63) is 78.5 Å². The molecule has 1 aromatic carbocycles. The van der Waals surface area contributed by atoms with Gasteiger partial charge in [0.1, 0.15) is 11.5 Å². The summed E-state index contributed by atoms with van der Waals surface area (Å²) in [6.45, 7) is 0.607. The molecular formula is C22H22FN5. The van der Waals surface area contributed by atoms with E-state index in [1.54, 1.807) is 18.3 Å². The van der Waals surface area contributed by atoms with Crippen LogP contribution in [0, 0.1) is 5.82 Å². The van der Waals surface area contributed by atoms with Gasteiger partial charge in [0, 0.05) is 29.6 Å². The highest BCUT2D eigenvalue weighted by atomic mass is 19.1. The molecule has 4 rings (SSSR count). The number of rotatable bonds is 6. The number of hydrogen-bond donors (Lipinski definition) is 2. The predicted octanol–water partition coefficient (Wildman–Crippen LogP) is 3.94. The summed E-state index contributed by atoms with van der Waals surface area (Å²) < 4.78 is 15.3. The smallest absolute Gasteiger partial charge is 0.123 e. The Morgan fingerprint density at radius 1 is 1.04 bits per heavy atom. The number of benzene rings is 1. The van der Waals surface area contributed by atoms with Crippen LogP contribution in [0.4, 0.5) is 4.39 Å². The summed E-state index contributed by atoms with van der Waals surface area (Å²) in [5, 5.41) is 4.74. The van der Waals surface area contributed by atoms with Gasteiger partial charge < -0.3 is 11.5 Å². The van der Waals surface area contributed by atoms with E-state index in [4.69, 9.17) is 16.6 Å². The first-order valence-corrected chi connectivity index (χ1v) is 9.32. The lowest BCUT2D eigenvalue weighted by Crippen LogP contribution is -2.14. The molecule has 3 aromatic heterocycles. The average molecular weight is 375 g/mol. The Balaban J connectivity index is 1.86. The topological polar surface area (TPSA) is 82.2 Å². The van der Waals surface area contributed by atoms with E-state index in [1.807, 2.05) is 41.0 Å². The minimum absolute atomic E-state index is 0.167. The average Bonchev–Trinajstić information content (AvgIpc) is 3.12. The number of hydrogen-bond acceptors (Lipinski definition) is 4. The van der Waals surface area contributed by atoms with E-state index >= 15 is 0 Å². The largest absolute Gasteiger partial charge is 0.330 e. The summed E-state index contributed by atoms with van der Waals surface area (Å²) in [6.07, 6.45) is 5.31. The molecule has 0 aliphatic carbocycles. The van der Waals surface area contributed by atoms with Crippen molar-refractivity contribution < 1.29 is 4.39 Å². The first-order valence-electron chi connectivity index (χ1n) is 9.32. The Kier molecular flexibility index (Phi) is 5.14. The van der Waals surface area contributed by atoms with Gasteiger partial charge in [0.15, 0.2) is 0 Å². The summed E-state index contributed by atoms with van der Waals surface area (Å²) in [5.41, 5.74) is 17.3. The van der Waals surface area contributed by atoms with Gasteiger partial charge in [0.2, 0.25) is 0 Å². The van der Waals surface area contributed by atoms with Crippen LogP contribution in [-0.2, 0) is 0 Å². The number of halogens is 1. The lowest BCUT2D eigenvalue weighted by atomic mass is 9.98. The highest BCUT2D eigenvalue weighted by molar-refractivity contribution is 5.92. The van der Waals surface area contributed by atoms with Crippen LogP contribution in [0.2, 0.25) is 0 Å². The highest BCUT2D eigenvalue weighted by Crippen LogP contribution is 2.35. The summed E-state index contributed by atoms with van der Waals surface area (Å²) in [6, 6.07) is 16.1. The van der Waals surface area contributed by atoms with Crippen molar-refractivity contribution in [2.45, 2.75) is 18.9 Å². The van der Waals surface area contributed by atoms with Crippen LogP contribution >= 0.6 is 0 Å². The molecule has 0 amide bonds. The molecule has 1 atom stereocenters. The first kappa shape index (κ1) is 18.3. The Labute approximate surface area is 162 Å². The van der Waals surface area contributed by atoms with Crippen molar-refractivity contribution in [2.75, 3.05) is 6.54 Å². The normalized spacial score (nSPS) is 12.4. The van der Waals surface area contributed by atoms with E-state index in [1.165, 1.54) is 12.1 Å². The quantitative estimate of drug-likeness (QED) is 0.535. The molecule has 1 unspecified atom stereocenters. The molecule has 142 valence electrons. The molecule has 0 radical (unpaired) electrons. The fraction of sp³-hybridized carbons (Fsp3) is 0.182. The number of nitrogens with two attached hydrogens (primary N) is 2. The van der Waals surface area contributed by atoms with Crippen LogP contribution in [-0.4, -0.2) is 21.1 Å². The first-order chi connectivity index (χ1) is 13.7. The summed E-state index contributed by atoms with van der Waals surface area (Å²) in [4.78, 5) is 4.45. The van der Waals surface area contributed by atoms with Gasteiger partial charge in [-0.1, -0.05) is 6.07 Å². The minimum Gasteiger partial charge on any atom is -0.330 e. The Morgan fingerprint density at radius 2 is 1.86 bits per heavy atom. The second-order valence-corrected chi connectivity index (χ2v) is 6.77. The van der Waals surface area contributed by atoms with E-state index < -0.39 is 0 Å². The zero-order valence-electron chi connectivity index (χ0n) is 15.4. The summed E-state index contributed by atoms with van der Waals surface area (Å²) >= 11 is 0. The van der Waals surface area contributed by atoms with Crippen molar-refractivity contribution in [3.8, 4) is 22.4 Å². The van der Waals surface area contributed by atoms with Crippen molar-refractivity contribution in [1.82, 2.24) is 14.6 Å². The molecule has 28 heavy (non-hydrogen) atoms. The number of nitrogens with zero attached hydrogens (tertiary/aromatic N) is 3. The molecule has 5 nitrogen and oxygen atoms in total. The molecule has 0 aliphatic rings. The third-order valence-corrected chi connectivity index (χ3v) is 4.83. The van der Waals surface area contributed by atoms with Gasteiger partial charge in [-0.05, 0) is 73.5 Å². The van der Waals surface area contributed by atoms with Crippen LogP contribution in [0.1, 0.15) is 24.6 Å². The minimum atomic E-state index is -0.272. The molecule has 0 saturated carbocycles. The molecule has 0 aliphatic heterocycles. The maximum atomic E-state index is 13.4. The number of pyridine rings is 2. The molecular weight excluding hydrogens is 353 g/mol. The fourth-order valence-corrected chi connectivity index (χ4v) is 3.39. The van der Waals surface area contributed by atoms with E-state index in [0.717, 1.165) is 46.4 Å². The van der Waals surface area contributed by atoms with E-state index in [2.05, 4.69) is 4.98 Å². The second kappa shape index (κ2) is 7.88. The predicted molar refractivity (Wildman–Crippen MR) is 109 cm³/mol. The van der Waals surface area contributed by atoms with Crippen LogP contribution < -0.4 is 11.5 Å². The third-order valence-electron chi connectivity index (χ3n) is 4.83. The van der Waals surface area contributed by atoms with Crippen LogP contribution in [0.5, 0.6) is 0 Å². The van der Waals surface area contributed by atoms with Gasteiger partial charge in [-0.25, -0.2) is 8.91 Å². The SMILES string of the molecule is NCCCC(N)c1cc(-c2c(-c3ccc(F)cc3)nn3ccccc23)ccn1. The Hall–Kier alpha value is -3.09. The van der Waals surface area contributed by atoms with Crippen molar-refractivity contribution in [1.29, 1.82) is 0 Å². The van der Waals surface area contributed by atoms with Crippen molar-refractivity contribution >= 4 is 5.52 Å². The van der Waals surface area contributed by atoms with Crippen molar-refractivity contribution in [2.24, 2.45) is 11.5 Å². The van der Waals surface area contributed by atoms with E-state index in [9.17, 15) is 4.39 Å². The standard InChI is InChI=1S/C22H22FN5/c23-17-8-6-15(7-9-17)22-21(20-5-1-2-13-28(20)27-22)16-10-12-26-19(14-16)18(25)4-3-11-24/h1-2,5-10,12-14,18H,3-4,11,24-25H2. The van der Waals surface area contributed by atoms with Gasteiger partial charge >= 0.3 is 0 Å². The molecule has 6 heteroatoms. The summed E-state index contributed by atoms with van der Waals surface area (Å²) in [5.74, 6) is -0.272. The molecule has 3 heterocycles. The Morgan fingerprint density at radius 3 is 2.64 bits per heavy atom. The van der Waals surface area contributed by atoms with Gasteiger partial charge in [-0.3, -0.25) is 4.98 Å². The van der Waals surface area contributed by atoms with Crippen LogP contribution in [0.25, 0.3) is 27.9 Å². The van der Waals surface area contributed by atoms with E-state index in [-0.39, 0.29) is 11.9 Å².